The maximum Gasteiger partial charge on any atom is 0.422 e. The van der Waals surface area contributed by atoms with Gasteiger partial charge in [-0.05, 0) is 27.2 Å². The number of carbonyl (C=O) groups excluding carboxylic acids is 2. The highest BCUT2D eigenvalue weighted by atomic mass is 19.4. The van der Waals surface area contributed by atoms with Gasteiger partial charge in [0.15, 0.2) is 6.61 Å². The molecule has 0 fully saturated rings. The third-order valence-corrected chi connectivity index (χ3v) is 2.79. The Labute approximate surface area is 126 Å². The van der Waals surface area contributed by atoms with Gasteiger partial charge in [-0.15, -0.1) is 0 Å². The quantitative estimate of drug-likeness (QED) is 0.638. The lowest BCUT2D eigenvalue weighted by atomic mass is 10.00. The Balaban J connectivity index is 2.44. The van der Waals surface area contributed by atoms with E-state index < -0.39 is 42.4 Å². The lowest BCUT2D eigenvalue weighted by Crippen LogP contribution is -2.41. The van der Waals surface area contributed by atoms with E-state index in [4.69, 9.17) is 4.74 Å². The fraction of sp³-hybridized carbons (Fsp3) is 0.714. The van der Waals surface area contributed by atoms with Crippen molar-refractivity contribution < 1.29 is 32.2 Å². The predicted molar refractivity (Wildman–Crippen MR) is 72.0 cm³/mol. The van der Waals surface area contributed by atoms with E-state index in [-0.39, 0.29) is 6.42 Å². The van der Waals surface area contributed by atoms with Crippen molar-refractivity contribution in [3.8, 4) is 0 Å². The molecule has 0 saturated heterocycles. The van der Waals surface area contributed by atoms with Crippen LogP contribution in [0.15, 0.2) is 12.2 Å². The van der Waals surface area contributed by atoms with E-state index in [9.17, 15) is 22.8 Å². The molecule has 1 rings (SSSR count). The molecule has 1 amide bonds. The van der Waals surface area contributed by atoms with E-state index in [0.29, 0.717) is 6.42 Å². The summed E-state index contributed by atoms with van der Waals surface area (Å²) in [4.78, 5) is 23.1. The van der Waals surface area contributed by atoms with Gasteiger partial charge in [0.25, 0.3) is 0 Å². The first-order chi connectivity index (χ1) is 9.96. The molecule has 0 aromatic heterocycles. The smallest absolute Gasteiger partial charge is 0.422 e. The molecule has 1 aliphatic rings. The second kappa shape index (κ2) is 7.02. The minimum atomic E-state index is -4.55. The van der Waals surface area contributed by atoms with Crippen molar-refractivity contribution in [2.24, 2.45) is 5.92 Å². The Morgan fingerprint density at radius 1 is 1.27 bits per heavy atom. The van der Waals surface area contributed by atoms with Crippen molar-refractivity contribution in [2.45, 2.75) is 51.4 Å². The molecule has 0 saturated carbocycles. The summed E-state index contributed by atoms with van der Waals surface area (Å²) in [6.07, 6.45) is -1.49. The first-order valence-electron chi connectivity index (χ1n) is 6.85. The van der Waals surface area contributed by atoms with Gasteiger partial charge in [0.2, 0.25) is 0 Å². The van der Waals surface area contributed by atoms with E-state index in [1.54, 1.807) is 32.9 Å². The molecule has 0 heterocycles. The number of ether oxygens (including phenoxy) is 2. The van der Waals surface area contributed by atoms with Crippen LogP contribution in [0.1, 0.15) is 33.6 Å². The predicted octanol–water partition coefficient (Wildman–Crippen LogP) is 2.95. The standard InChI is InChI=1S/C14H20F3NO4/c1-13(2,3)22-12(20)18-10-6-4-5-9(10)7-11(19)21-8-14(15,16)17/h4-5,9-10H,6-8H2,1-3H3,(H,18,20)/t9-,10+/m1/s1. The highest BCUT2D eigenvalue weighted by molar-refractivity contribution is 5.71. The molecule has 0 aromatic rings. The molecule has 0 radical (unpaired) electrons. The van der Waals surface area contributed by atoms with Gasteiger partial charge >= 0.3 is 18.2 Å². The highest BCUT2D eigenvalue weighted by Crippen LogP contribution is 2.23. The van der Waals surface area contributed by atoms with Crippen LogP contribution in [0.5, 0.6) is 0 Å². The first-order valence-corrected chi connectivity index (χ1v) is 6.85. The highest BCUT2D eigenvalue weighted by Gasteiger charge is 2.32. The summed E-state index contributed by atoms with van der Waals surface area (Å²) in [5, 5.41) is 2.61. The van der Waals surface area contributed by atoms with Crippen molar-refractivity contribution in [3.63, 3.8) is 0 Å². The van der Waals surface area contributed by atoms with Crippen LogP contribution in [-0.2, 0) is 14.3 Å². The van der Waals surface area contributed by atoms with Gasteiger partial charge in [0.05, 0.1) is 6.42 Å². The zero-order chi connectivity index (χ0) is 17.0. The molecule has 8 heteroatoms. The van der Waals surface area contributed by atoms with Crippen LogP contribution in [0.2, 0.25) is 0 Å². The molecule has 0 aliphatic heterocycles. The molecule has 1 N–H and O–H groups in total. The molecular formula is C14H20F3NO4. The molecule has 22 heavy (non-hydrogen) atoms. The third kappa shape index (κ3) is 7.33. The van der Waals surface area contributed by atoms with Crippen molar-refractivity contribution in [2.75, 3.05) is 6.61 Å². The number of halogens is 3. The SMILES string of the molecule is CC(C)(C)OC(=O)N[C@H]1CC=C[C@@H]1CC(=O)OCC(F)(F)F. The molecule has 126 valence electrons. The van der Waals surface area contributed by atoms with E-state index >= 15 is 0 Å². The van der Waals surface area contributed by atoms with Gasteiger partial charge in [-0.2, -0.15) is 13.2 Å². The van der Waals surface area contributed by atoms with Gasteiger partial charge in [0, 0.05) is 12.0 Å². The lowest BCUT2D eigenvalue weighted by molar-refractivity contribution is -0.186. The average molecular weight is 323 g/mol. The Morgan fingerprint density at radius 3 is 2.45 bits per heavy atom. The second-order valence-corrected chi connectivity index (χ2v) is 6.06. The van der Waals surface area contributed by atoms with Crippen LogP contribution in [-0.4, -0.2) is 36.5 Å². The number of alkyl halides is 3. The minimum absolute atomic E-state index is 0.229. The van der Waals surface area contributed by atoms with Crippen molar-refractivity contribution in [1.82, 2.24) is 5.32 Å². The second-order valence-electron chi connectivity index (χ2n) is 6.06. The van der Waals surface area contributed by atoms with Crippen LogP contribution in [0, 0.1) is 5.92 Å². The summed E-state index contributed by atoms with van der Waals surface area (Å²) in [5.74, 6) is -1.36. The van der Waals surface area contributed by atoms with Gasteiger partial charge in [-0.3, -0.25) is 4.79 Å². The van der Waals surface area contributed by atoms with Gasteiger partial charge < -0.3 is 14.8 Å². The summed E-state index contributed by atoms with van der Waals surface area (Å²) in [7, 11) is 0. The van der Waals surface area contributed by atoms with Crippen molar-refractivity contribution in [3.05, 3.63) is 12.2 Å². The average Bonchev–Trinajstić information content (AvgIpc) is 2.70. The Bertz CT molecular complexity index is 440. The first kappa shape index (κ1) is 18.3. The van der Waals surface area contributed by atoms with Gasteiger partial charge in [0.1, 0.15) is 5.60 Å². The monoisotopic (exact) mass is 323 g/mol. The number of hydrogen-bond donors (Lipinski definition) is 1. The van der Waals surface area contributed by atoms with Crippen LogP contribution < -0.4 is 5.32 Å². The fourth-order valence-corrected chi connectivity index (χ4v) is 1.96. The van der Waals surface area contributed by atoms with Crippen LogP contribution in [0.4, 0.5) is 18.0 Å². The number of alkyl carbamates (subject to hydrolysis) is 1. The Hall–Kier alpha value is -1.73. The summed E-state index contributed by atoms with van der Waals surface area (Å²) in [6, 6.07) is -0.395. The molecule has 0 bridgehead atoms. The van der Waals surface area contributed by atoms with Gasteiger partial charge in [-0.1, -0.05) is 12.2 Å². The van der Waals surface area contributed by atoms with Crippen LogP contribution >= 0.6 is 0 Å². The maximum absolute atomic E-state index is 12.0. The maximum atomic E-state index is 12.0. The fourth-order valence-electron chi connectivity index (χ4n) is 1.96. The molecule has 5 nitrogen and oxygen atoms in total. The zero-order valence-electron chi connectivity index (χ0n) is 12.7. The van der Waals surface area contributed by atoms with E-state index in [1.165, 1.54) is 0 Å². The number of hydrogen-bond acceptors (Lipinski definition) is 4. The normalized spacial score (nSPS) is 21.5. The molecule has 1 aliphatic carbocycles. The van der Waals surface area contributed by atoms with Crippen molar-refractivity contribution >= 4 is 12.1 Å². The molecule has 2 atom stereocenters. The summed E-state index contributed by atoms with van der Waals surface area (Å²) >= 11 is 0. The summed E-state index contributed by atoms with van der Waals surface area (Å²) in [5.41, 5.74) is -0.656. The van der Waals surface area contributed by atoms with Gasteiger partial charge in [-0.25, -0.2) is 4.79 Å². The number of carbonyl (C=O) groups is 2. The topological polar surface area (TPSA) is 64.6 Å². The molecule has 0 spiro atoms. The Morgan fingerprint density at radius 2 is 1.91 bits per heavy atom. The summed E-state index contributed by atoms with van der Waals surface area (Å²) < 4.78 is 45.2. The number of esters is 1. The third-order valence-electron chi connectivity index (χ3n) is 2.79. The zero-order valence-corrected chi connectivity index (χ0v) is 12.7. The molecular weight excluding hydrogens is 303 g/mol. The van der Waals surface area contributed by atoms with Crippen LogP contribution in [0.25, 0.3) is 0 Å². The van der Waals surface area contributed by atoms with E-state index in [1.807, 2.05) is 0 Å². The van der Waals surface area contributed by atoms with Crippen molar-refractivity contribution in [1.29, 1.82) is 0 Å². The number of nitrogens with one attached hydrogen (secondary N) is 1. The largest absolute Gasteiger partial charge is 0.456 e. The van der Waals surface area contributed by atoms with Crippen LogP contribution in [0.3, 0.4) is 0 Å². The molecule has 0 aromatic carbocycles. The van der Waals surface area contributed by atoms with E-state index in [0.717, 1.165) is 0 Å². The summed E-state index contributed by atoms with van der Waals surface area (Å²) in [6.45, 7) is 3.54. The lowest BCUT2D eigenvalue weighted by Gasteiger charge is -2.24. The van der Waals surface area contributed by atoms with E-state index in [2.05, 4.69) is 10.1 Å². The minimum Gasteiger partial charge on any atom is -0.456 e. The number of amides is 1. The Kier molecular flexibility index (Phi) is 5.85. The number of rotatable bonds is 4. The molecule has 0 unspecified atom stereocenters.